The van der Waals surface area contributed by atoms with Crippen LogP contribution >= 0.6 is 0 Å². The molecular formula is C16H24N2O4S. The number of hydrogen-bond donors (Lipinski definition) is 1. The van der Waals surface area contributed by atoms with Crippen molar-refractivity contribution >= 4 is 15.9 Å². The predicted molar refractivity (Wildman–Crippen MR) is 88.8 cm³/mol. The molecule has 6 nitrogen and oxygen atoms in total. The fourth-order valence-corrected chi connectivity index (χ4v) is 3.61. The van der Waals surface area contributed by atoms with Gasteiger partial charge in [-0.25, -0.2) is 13.2 Å². The van der Waals surface area contributed by atoms with E-state index in [1.54, 1.807) is 4.90 Å². The topological polar surface area (TPSA) is 75.7 Å². The number of benzene rings is 1. The Morgan fingerprint density at radius 2 is 2.04 bits per heavy atom. The zero-order chi connectivity index (χ0) is 16.9. The van der Waals surface area contributed by atoms with Crippen molar-refractivity contribution in [2.24, 2.45) is 0 Å². The van der Waals surface area contributed by atoms with Crippen molar-refractivity contribution in [2.45, 2.75) is 31.7 Å². The summed E-state index contributed by atoms with van der Waals surface area (Å²) in [6, 6.07) is 7.58. The smallest absolute Gasteiger partial charge is 0.317 e. The minimum Gasteiger partial charge on any atom is -0.377 e. The molecule has 1 aromatic carbocycles. The largest absolute Gasteiger partial charge is 0.377 e. The molecule has 23 heavy (non-hydrogen) atoms. The Morgan fingerprint density at radius 1 is 1.35 bits per heavy atom. The summed E-state index contributed by atoms with van der Waals surface area (Å²) in [5.41, 5.74) is 2.05. The van der Waals surface area contributed by atoms with E-state index >= 15 is 0 Å². The van der Waals surface area contributed by atoms with Crippen LogP contribution in [0.3, 0.4) is 0 Å². The van der Waals surface area contributed by atoms with Gasteiger partial charge in [0.1, 0.15) is 0 Å². The lowest BCUT2D eigenvalue weighted by molar-refractivity contribution is 0.133. The summed E-state index contributed by atoms with van der Waals surface area (Å²) >= 11 is 0. The monoisotopic (exact) mass is 340 g/mol. The molecule has 1 unspecified atom stereocenters. The maximum absolute atomic E-state index is 12.2. The van der Waals surface area contributed by atoms with Crippen LogP contribution in [-0.4, -0.2) is 50.6 Å². The van der Waals surface area contributed by atoms with Crippen LogP contribution in [0.4, 0.5) is 4.79 Å². The first-order valence-electron chi connectivity index (χ1n) is 7.78. The lowest BCUT2D eigenvalue weighted by Gasteiger charge is -2.18. The van der Waals surface area contributed by atoms with Crippen molar-refractivity contribution in [1.29, 1.82) is 0 Å². The molecule has 128 valence electrons. The number of carbonyl (C=O) groups is 1. The van der Waals surface area contributed by atoms with Crippen LogP contribution in [0.5, 0.6) is 0 Å². The van der Waals surface area contributed by atoms with Gasteiger partial charge in [-0.15, -0.1) is 0 Å². The predicted octanol–water partition coefficient (Wildman–Crippen LogP) is 1.55. The van der Waals surface area contributed by atoms with Crippen LogP contribution in [0.15, 0.2) is 24.3 Å². The molecule has 0 spiro atoms. The van der Waals surface area contributed by atoms with Gasteiger partial charge in [-0.1, -0.05) is 24.3 Å². The first-order valence-corrected chi connectivity index (χ1v) is 9.73. The summed E-state index contributed by atoms with van der Waals surface area (Å²) < 4.78 is 28.5. The summed E-state index contributed by atoms with van der Waals surface area (Å²) in [5.74, 6) is 0. The quantitative estimate of drug-likeness (QED) is 0.852. The fourth-order valence-electron chi connectivity index (χ4n) is 2.63. The van der Waals surface area contributed by atoms with Gasteiger partial charge in [0.25, 0.3) is 0 Å². The van der Waals surface area contributed by atoms with Crippen LogP contribution in [-0.2, 0) is 27.7 Å². The van der Waals surface area contributed by atoms with E-state index in [2.05, 4.69) is 5.32 Å². The first-order chi connectivity index (χ1) is 10.9. The Balaban J connectivity index is 1.90. The molecule has 1 atom stereocenters. The van der Waals surface area contributed by atoms with Crippen molar-refractivity contribution < 1.29 is 17.9 Å². The van der Waals surface area contributed by atoms with Gasteiger partial charge in [-0.3, -0.25) is 0 Å². The van der Waals surface area contributed by atoms with Crippen molar-refractivity contribution in [3.05, 3.63) is 35.4 Å². The summed E-state index contributed by atoms with van der Waals surface area (Å²) in [6.07, 6.45) is 1.73. The van der Waals surface area contributed by atoms with Crippen molar-refractivity contribution in [3.8, 4) is 0 Å². The Bertz CT molecular complexity index is 645. The third kappa shape index (κ3) is 4.94. The zero-order valence-electron chi connectivity index (χ0n) is 13.6. The molecule has 1 saturated heterocycles. The van der Waals surface area contributed by atoms with Gasteiger partial charge < -0.3 is 15.0 Å². The Kier molecular flexibility index (Phi) is 6.01. The summed E-state index contributed by atoms with van der Waals surface area (Å²) in [6.45, 7) is 4.25. The second kappa shape index (κ2) is 7.79. The molecule has 0 bridgehead atoms. The third-order valence-electron chi connectivity index (χ3n) is 4.05. The number of likely N-dealkylation sites (tertiary alicyclic amines) is 1. The number of amides is 2. The van der Waals surface area contributed by atoms with E-state index in [1.807, 2.05) is 31.2 Å². The lowest BCUT2D eigenvalue weighted by Crippen LogP contribution is -2.39. The molecule has 1 fully saturated rings. The van der Waals surface area contributed by atoms with Crippen LogP contribution in [0.25, 0.3) is 0 Å². The number of carbonyl (C=O) groups excluding carboxylic acids is 1. The van der Waals surface area contributed by atoms with E-state index in [1.165, 1.54) is 6.26 Å². The lowest BCUT2D eigenvalue weighted by atomic mass is 10.1. The van der Waals surface area contributed by atoms with Gasteiger partial charge in [-0.05, 0) is 24.5 Å². The number of rotatable bonds is 6. The van der Waals surface area contributed by atoms with E-state index in [4.69, 9.17) is 4.74 Å². The van der Waals surface area contributed by atoms with Gasteiger partial charge in [-0.2, -0.15) is 0 Å². The normalized spacial score (nSPS) is 18.2. The molecule has 0 aliphatic carbocycles. The number of nitrogens with one attached hydrogen (secondary N) is 1. The van der Waals surface area contributed by atoms with Gasteiger partial charge in [0.05, 0.1) is 11.9 Å². The number of nitrogens with zero attached hydrogens (tertiary/aromatic N) is 1. The molecule has 1 aliphatic heterocycles. The first kappa shape index (κ1) is 17.7. The van der Waals surface area contributed by atoms with Crippen LogP contribution < -0.4 is 5.32 Å². The molecule has 0 aromatic heterocycles. The molecule has 2 amide bonds. The number of ether oxygens (including phenoxy) is 1. The molecule has 1 aromatic rings. The molecule has 0 radical (unpaired) electrons. The van der Waals surface area contributed by atoms with Gasteiger partial charge in [0, 0.05) is 32.5 Å². The molecule has 7 heteroatoms. The molecule has 1 heterocycles. The molecular weight excluding hydrogens is 316 g/mol. The standard InChI is InChI=1S/C16H24N2O4S/c1-3-22-12-14-7-5-4-6-13(14)10-17-16(19)18-9-8-15(11-18)23(2,20)21/h4-7,15H,3,8-12H2,1-2H3,(H,17,19). The Hall–Kier alpha value is -1.60. The number of urea groups is 1. The summed E-state index contributed by atoms with van der Waals surface area (Å²) in [4.78, 5) is 13.8. The van der Waals surface area contributed by atoms with E-state index in [0.717, 1.165) is 11.1 Å². The second-order valence-electron chi connectivity index (χ2n) is 5.75. The highest BCUT2D eigenvalue weighted by atomic mass is 32.2. The van der Waals surface area contributed by atoms with Crippen LogP contribution in [0.1, 0.15) is 24.5 Å². The molecule has 1 N–H and O–H groups in total. The second-order valence-corrected chi connectivity index (χ2v) is 8.08. The Morgan fingerprint density at radius 3 is 2.65 bits per heavy atom. The van der Waals surface area contributed by atoms with Crippen LogP contribution in [0.2, 0.25) is 0 Å². The fraction of sp³-hybridized carbons (Fsp3) is 0.562. The SMILES string of the molecule is CCOCc1ccccc1CNC(=O)N1CCC(S(C)(=O)=O)C1. The maximum atomic E-state index is 12.2. The summed E-state index contributed by atoms with van der Waals surface area (Å²) in [7, 11) is -3.09. The highest BCUT2D eigenvalue weighted by Gasteiger charge is 2.32. The highest BCUT2D eigenvalue weighted by Crippen LogP contribution is 2.16. The van der Waals surface area contributed by atoms with Crippen molar-refractivity contribution in [3.63, 3.8) is 0 Å². The van der Waals surface area contributed by atoms with Gasteiger partial charge in [0.2, 0.25) is 0 Å². The van der Waals surface area contributed by atoms with E-state index < -0.39 is 15.1 Å². The minimum atomic E-state index is -3.09. The minimum absolute atomic E-state index is 0.220. The average Bonchev–Trinajstić information content (AvgIpc) is 3.01. The molecule has 2 rings (SSSR count). The maximum Gasteiger partial charge on any atom is 0.317 e. The van der Waals surface area contributed by atoms with Crippen molar-refractivity contribution in [1.82, 2.24) is 10.2 Å². The Labute approximate surface area is 137 Å². The number of hydrogen-bond acceptors (Lipinski definition) is 4. The average molecular weight is 340 g/mol. The van der Waals surface area contributed by atoms with Gasteiger partial charge in [0.15, 0.2) is 9.84 Å². The highest BCUT2D eigenvalue weighted by molar-refractivity contribution is 7.91. The molecule has 0 saturated carbocycles. The van der Waals surface area contributed by atoms with E-state index in [0.29, 0.717) is 32.7 Å². The zero-order valence-corrected chi connectivity index (χ0v) is 14.4. The van der Waals surface area contributed by atoms with Gasteiger partial charge >= 0.3 is 6.03 Å². The van der Waals surface area contributed by atoms with Crippen molar-refractivity contribution in [2.75, 3.05) is 26.0 Å². The third-order valence-corrected chi connectivity index (χ3v) is 5.64. The molecule has 1 aliphatic rings. The number of sulfone groups is 1. The van der Waals surface area contributed by atoms with E-state index in [9.17, 15) is 13.2 Å². The summed E-state index contributed by atoms with van der Waals surface area (Å²) in [5, 5.41) is 2.42. The van der Waals surface area contributed by atoms with Crippen LogP contribution in [0, 0.1) is 0 Å². The van der Waals surface area contributed by atoms with E-state index in [-0.39, 0.29) is 12.6 Å².